The number of imidazole rings is 1. The molecule has 10 nitrogen and oxygen atoms in total. The number of carbonyl (C=O) groups is 1. The van der Waals surface area contributed by atoms with Gasteiger partial charge in [0.15, 0.2) is 11.2 Å². The number of nitrogens with one attached hydrogen (secondary N) is 1. The van der Waals surface area contributed by atoms with Gasteiger partial charge in [-0.2, -0.15) is 4.98 Å². The monoisotopic (exact) mass is 352 g/mol. The van der Waals surface area contributed by atoms with E-state index in [-0.39, 0.29) is 11.2 Å². The number of nitrogens with zero attached hydrogens (tertiary/aromatic N) is 4. The SMILES string of the molecule is CC(C)CCn1c(NCC[NH3+])nc2c1c(=O)n(CC(N)=O)c(=O)n2C. The lowest BCUT2D eigenvalue weighted by molar-refractivity contribution is -0.362. The molecule has 0 saturated heterocycles. The highest BCUT2D eigenvalue weighted by atomic mass is 16.2. The van der Waals surface area contributed by atoms with Crippen LogP contribution in [-0.2, 0) is 24.9 Å². The average Bonchev–Trinajstić information content (AvgIpc) is 2.91. The number of primary amides is 1. The first-order valence-corrected chi connectivity index (χ1v) is 8.29. The summed E-state index contributed by atoms with van der Waals surface area (Å²) in [6, 6.07) is 0. The van der Waals surface area contributed by atoms with E-state index in [0.717, 1.165) is 11.0 Å². The van der Waals surface area contributed by atoms with Crippen molar-refractivity contribution in [3.05, 3.63) is 20.8 Å². The molecule has 0 aromatic carbocycles. The van der Waals surface area contributed by atoms with Crippen molar-refractivity contribution < 1.29 is 10.5 Å². The molecule has 0 aliphatic heterocycles. The third-order valence-electron chi connectivity index (χ3n) is 3.94. The van der Waals surface area contributed by atoms with E-state index >= 15 is 0 Å². The number of aromatic nitrogens is 4. The fraction of sp³-hybridized carbons (Fsp3) is 0.600. The molecule has 0 saturated carbocycles. The Balaban J connectivity index is 2.74. The third-order valence-corrected chi connectivity index (χ3v) is 3.94. The first-order chi connectivity index (χ1) is 11.8. The van der Waals surface area contributed by atoms with E-state index in [1.165, 1.54) is 11.6 Å². The van der Waals surface area contributed by atoms with E-state index in [0.29, 0.717) is 31.5 Å². The Morgan fingerprint density at radius 3 is 2.56 bits per heavy atom. The Morgan fingerprint density at radius 2 is 2.00 bits per heavy atom. The standard InChI is InChI=1S/C15H25N7O3/c1-9(2)4-7-21-11-12(19-14(21)18-6-5-16)20(3)15(25)22(13(11)24)8-10(17)23/h9H,4-8,16H2,1-3H3,(H2,17,23)(H,18,19)/p+1. The Kier molecular flexibility index (Phi) is 5.62. The average molecular weight is 352 g/mol. The highest BCUT2D eigenvalue weighted by molar-refractivity contribution is 5.76. The lowest BCUT2D eigenvalue weighted by atomic mass is 10.1. The number of hydrogen-bond donors (Lipinski definition) is 3. The van der Waals surface area contributed by atoms with Crippen LogP contribution in [0.15, 0.2) is 9.59 Å². The molecule has 2 heterocycles. The van der Waals surface area contributed by atoms with Crippen LogP contribution in [0.25, 0.3) is 11.2 Å². The van der Waals surface area contributed by atoms with Crippen LogP contribution in [0, 0.1) is 5.92 Å². The lowest BCUT2D eigenvalue weighted by Crippen LogP contribution is -2.53. The maximum atomic E-state index is 12.8. The van der Waals surface area contributed by atoms with E-state index < -0.39 is 23.7 Å². The zero-order chi connectivity index (χ0) is 18.7. The molecule has 2 rings (SSSR count). The van der Waals surface area contributed by atoms with Crippen LogP contribution in [0.1, 0.15) is 20.3 Å². The minimum Gasteiger partial charge on any atom is -0.368 e. The summed E-state index contributed by atoms with van der Waals surface area (Å²) < 4.78 is 3.88. The number of anilines is 1. The lowest BCUT2D eigenvalue weighted by Gasteiger charge is -2.12. The van der Waals surface area contributed by atoms with Crippen molar-refractivity contribution in [2.75, 3.05) is 18.4 Å². The molecule has 6 N–H and O–H groups in total. The molecule has 2 aromatic heterocycles. The van der Waals surface area contributed by atoms with Crippen LogP contribution < -0.4 is 28.0 Å². The largest absolute Gasteiger partial charge is 0.368 e. The van der Waals surface area contributed by atoms with Gasteiger partial charge in [-0.3, -0.25) is 14.2 Å². The van der Waals surface area contributed by atoms with E-state index in [2.05, 4.69) is 29.9 Å². The maximum absolute atomic E-state index is 12.8. The smallest absolute Gasteiger partial charge is 0.332 e. The van der Waals surface area contributed by atoms with Crippen molar-refractivity contribution in [1.82, 2.24) is 18.7 Å². The molecule has 0 atom stereocenters. The number of carbonyl (C=O) groups excluding carboxylic acids is 1. The Hall–Kier alpha value is -2.62. The van der Waals surface area contributed by atoms with Crippen molar-refractivity contribution >= 4 is 23.0 Å². The van der Waals surface area contributed by atoms with Crippen molar-refractivity contribution in [2.24, 2.45) is 18.7 Å². The number of nitrogens with two attached hydrogens (primary N) is 1. The fourth-order valence-electron chi connectivity index (χ4n) is 2.61. The number of aryl methyl sites for hydroxylation is 2. The fourth-order valence-corrected chi connectivity index (χ4v) is 2.61. The molecule has 0 aliphatic carbocycles. The third kappa shape index (κ3) is 3.73. The first kappa shape index (κ1) is 18.7. The molecular formula is C15H26N7O3+. The molecule has 10 heteroatoms. The van der Waals surface area contributed by atoms with Gasteiger partial charge in [0.2, 0.25) is 11.9 Å². The van der Waals surface area contributed by atoms with Crippen LogP contribution >= 0.6 is 0 Å². The molecule has 0 bridgehead atoms. The zero-order valence-electron chi connectivity index (χ0n) is 14.9. The summed E-state index contributed by atoms with van der Waals surface area (Å²) >= 11 is 0. The van der Waals surface area contributed by atoms with Gasteiger partial charge in [-0.15, -0.1) is 0 Å². The van der Waals surface area contributed by atoms with Gasteiger partial charge >= 0.3 is 5.69 Å². The van der Waals surface area contributed by atoms with Crippen LogP contribution in [0.3, 0.4) is 0 Å². The van der Waals surface area contributed by atoms with Gasteiger partial charge in [0, 0.05) is 13.6 Å². The summed E-state index contributed by atoms with van der Waals surface area (Å²) in [5, 5.41) is 3.14. The topological polar surface area (TPSA) is 145 Å². The molecule has 0 unspecified atom stereocenters. The van der Waals surface area contributed by atoms with Gasteiger partial charge in [0.05, 0.1) is 13.1 Å². The minimum absolute atomic E-state index is 0.283. The van der Waals surface area contributed by atoms with Crippen LogP contribution in [0.5, 0.6) is 0 Å². The minimum atomic E-state index is -0.748. The van der Waals surface area contributed by atoms with Crippen LogP contribution in [0.4, 0.5) is 5.95 Å². The summed E-state index contributed by atoms with van der Waals surface area (Å²) in [6.45, 7) is 5.52. The van der Waals surface area contributed by atoms with Crippen LogP contribution in [-0.4, -0.2) is 37.7 Å². The number of fused-ring (bicyclic) bond motifs is 1. The van der Waals surface area contributed by atoms with Gasteiger partial charge in [-0.25, -0.2) is 9.36 Å². The van der Waals surface area contributed by atoms with Gasteiger partial charge in [0.25, 0.3) is 5.56 Å². The van der Waals surface area contributed by atoms with E-state index in [4.69, 9.17) is 5.73 Å². The number of amides is 1. The van der Waals surface area contributed by atoms with E-state index in [9.17, 15) is 14.4 Å². The van der Waals surface area contributed by atoms with Crippen LogP contribution in [0.2, 0.25) is 0 Å². The number of rotatable bonds is 8. The Morgan fingerprint density at radius 1 is 1.32 bits per heavy atom. The van der Waals surface area contributed by atoms with E-state index in [1.807, 2.05) is 0 Å². The predicted molar refractivity (Wildman–Crippen MR) is 94.1 cm³/mol. The molecule has 25 heavy (non-hydrogen) atoms. The van der Waals surface area contributed by atoms with Gasteiger partial charge in [-0.1, -0.05) is 13.8 Å². The van der Waals surface area contributed by atoms with E-state index in [1.54, 1.807) is 4.57 Å². The summed E-state index contributed by atoms with van der Waals surface area (Å²) in [4.78, 5) is 40.9. The molecule has 2 aromatic rings. The number of quaternary nitrogens is 1. The molecule has 0 aliphatic rings. The predicted octanol–water partition coefficient (Wildman–Crippen LogP) is -1.92. The van der Waals surface area contributed by atoms with Gasteiger partial charge in [-0.05, 0) is 12.3 Å². The highest BCUT2D eigenvalue weighted by Crippen LogP contribution is 2.17. The second kappa shape index (κ2) is 7.51. The van der Waals surface area contributed by atoms with Gasteiger partial charge in [0.1, 0.15) is 6.54 Å². The van der Waals surface area contributed by atoms with Crippen molar-refractivity contribution in [3.8, 4) is 0 Å². The quantitative estimate of drug-likeness (QED) is 0.507. The first-order valence-electron chi connectivity index (χ1n) is 8.29. The molecular weight excluding hydrogens is 326 g/mol. The zero-order valence-corrected chi connectivity index (χ0v) is 14.9. The summed E-state index contributed by atoms with van der Waals surface area (Å²) in [5.41, 5.74) is 8.35. The van der Waals surface area contributed by atoms with Gasteiger partial charge < -0.3 is 21.4 Å². The molecule has 0 radical (unpaired) electrons. The Bertz CT molecular complexity index is 891. The second-order valence-corrected chi connectivity index (χ2v) is 6.42. The summed E-state index contributed by atoms with van der Waals surface area (Å²) in [5.74, 6) is 0.198. The summed E-state index contributed by atoms with van der Waals surface area (Å²) in [6.07, 6.45) is 0.836. The van der Waals surface area contributed by atoms with Crippen molar-refractivity contribution in [2.45, 2.75) is 33.4 Å². The number of hydrogen-bond acceptors (Lipinski definition) is 5. The second-order valence-electron chi connectivity index (χ2n) is 6.42. The van der Waals surface area contributed by atoms with Crippen molar-refractivity contribution in [3.63, 3.8) is 0 Å². The normalized spacial score (nSPS) is 11.4. The highest BCUT2D eigenvalue weighted by Gasteiger charge is 2.21. The molecule has 0 spiro atoms. The Labute approximate surface area is 144 Å². The molecule has 1 amide bonds. The van der Waals surface area contributed by atoms with Crippen molar-refractivity contribution in [1.29, 1.82) is 0 Å². The molecule has 0 fully saturated rings. The summed E-state index contributed by atoms with van der Waals surface area (Å²) in [7, 11) is 1.52. The maximum Gasteiger partial charge on any atom is 0.332 e. The molecule has 138 valence electrons.